The topological polar surface area (TPSA) is 11.4 Å². The van der Waals surface area contributed by atoms with Crippen LogP contribution in [-0.2, 0) is 18.6 Å². The maximum Gasteiger partial charge on any atom is 0.124 e. The highest BCUT2D eigenvalue weighted by molar-refractivity contribution is 5.87. The first-order valence-corrected chi connectivity index (χ1v) is 9.85. The molecular formula is C23H25N3. The molecule has 26 heavy (non-hydrogen) atoms. The van der Waals surface area contributed by atoms with E-state index >= 15 is 0 Å². The number of nitrogens with zero attached hydrogens (tertiary/aromatic N) is 3. The van der Waals surface area contributed by atoms with E-state index in [-0.39, 0.29) is 5.66 Å². The number of rotatable bonds is 2. The van der Waals surface area contributed by atoms with Crippen molar-refractivity contribution >= 4 is 16.6 Å². The highest BCUT2D eigenvalue weighted by atomic mass is 15.4. The fourth-order valence-corrected chi connectivity index (χ4v) is 5.99. The average Bonchev–Trinajstić information content (AvgIpc) is 3.04. The maximum atomic E-state index is 2.75. The standard InChI is InChI=1S/C23H25N3/c1-24(2)15-18-16-7-3-6-10-21(16)26-22(18)12-14-25-20-9-5-4-8-17(20)19-11-13-23(19,25)26/h3-10,19H,11-15H2,1-2H3. The van der Waals surface area contributed by atoms with Crippen molar-refractivity contribution in [2.75, 3.05) is 25.5 Å². The summed E-state index contributed by atoms with van der Waals surface area (Å²) in [6, 6.07) is 18.2. The van der Waals surface area contributed by atoms with E-state index in [0.29, 0.717) is 5.92 Å². The summed E-state index contributed by atoms with van der Waals surface area (Å²) in [6.45, 7) is 2.17. The van der Waals surface area contributed by atoms with Gasteiger partial charge in [-0.1, -0.05) is 36.4 Å². The Morgan fingerprint density at radius 2 is 1.88 bits per heavy atom. The first kappa shape index (κ1) is 14.9. The summed E-state index contributed by atoms with van der Waals surface area (Å²) in [5.74, 6) is 0.640. The highest BCUT2D eigenvalue weighted by Gasteiger charge is 2.60. The number of para-hydroxylation sites is 2. The Morgan fingerprint density at radius 3 is 2.69 bits per heavy atom. The van der Waals surface area contributed by atoms with Gasteiger partial charge in [0.05, 0.1) is 5.52 Å². The van der Waals surface area contributed by atoms with Gasteiger partial charge in [0.1, 0.15) is 5.66 Å². The summed E-state index contributed by atoms with van der Waals surface area (Å²) < 4.78 is 2.75. The van der Waals surface area contributed by atoms with Crippen LogP contribution in [0.4, 0.5) is 5.69 Å². The fraction of sp³-hybridized carbons (Fsp3) is 0.391. The van der Waals surface area contributed by atoms with Crippen molar-refractivity contribution in [2.24, 2.45) is 0 Å². The first-order valence-electron chi connectivity index (χ1n) is 9.85. The Bertz CT molecular complexity index is 1030. The van der Waals surface area contributed by atoms with Gasteiger partial charge in [-0.2, -0.15) is 0 Å². The van der Waals surface area contributed by atoms with Crippen molar-refractivity contribution in [1.29, 1.82) is 0 Å². The van der Waals surface area contributed by atoms with Gasteiger partial charge in [-0.3, -0.25) is 0 Å². The van der Waals surface area contributed by atoms with Gasteiger partial charge in [0, 0.05) is 42.2 Å². The molecule has 3 aliphatic rings. The molecule has 2 aromatic carbocycles. The molecule has 6 rings (SSSR count). The van der Waals surface area contributed by atoms with Crippen molar-refractivity contribution in [1.82, 2.24) is 9.47 Å². The van der Waals surface area contributed by atoms with Crippen molar-refractivity contribution in [2.45, 2.75) is 37.4 Å². The van der Waals surface area contributed by atoms with Crippen molar-refractivity contribution in [3.8, 4) is 0 Å². The Balaban J connectivity index is 1.65. The molecule has 3 heteroatoms. The largest absolute Gasteiger partial charge is 0.347 e. The molecule has 3 nitrogen and oxygen atoms in total. The zero-order chi connectivity index (χ0) is 17.5. The molecule has 2 unspecified atom stereocenters. The molecule has 0 radical (unpaired) electrons. The minimum atomic E-state index is 0.140. The van der Waals surface area contributed by atoms with E-state index in [2.05, 4.69) is 77.0 Å². The highest BCUT2D eigenvalue weighted by Crippen LogP contribution is 2.64. The van der Waals surface area contributed by atoms with Gasteiger partial charge < -0.3 is 14.4 Å². The lowest BCUT2D eigenvalue weighted by atomic mass is 9.70. The van der Waals surface area contributed by atoms with Gasteiger partial charge in [-0.05, 0) is 50.2 Å². The van der Waals surface area contributed by atoms with Gasteiger partial charge in [-0.15, -0.1) is 0 Å². The van der Waals surface area contributed by atoms with Crippen LogP contribution in [0.2, 0.25) is 0 Å². The molecule has 1 aliphatic carbocycles. The molecule has 1 aromatic heterocycles. The summed E-state index contributed by atoms with van der Waals surface area (Å²) in [5, 5.41) is 1.45. The van der Waals surface area contributed by atoms with Gasteiger partial charge in [0.2, 0.25) is 0 Å². The number of hydrogen-bond acceptors (Lipinski definition) is 2. The molecule has 2 aliphatic heterocycles. The maximum absolute atomic E-state index is 2.75. The third kappa shape index (κ3) is 1.59. The summed E-state index contributed by atoms with van der Waals surface area (Å²) in [5.41, 5.74) is 7.74. The molecule has 2 atom stereocenters. The summed E-state index contributed by atoms with van der Waals surface area (Å²) in [7, 11) is 4.37. The third-order valence-corrected chi connectivity index (χ3v) is 6.95. The molecule has 1 saturated carbocycles. The average molecular weight is 343 g/mol. The minimum absolute atomic E-state index is 0.140. The number of hydrogen-bond donors (Lipinski definition) is 0. The predicted octanol–water partition coefficient (Wildman–Crippen LogP) is 4.31. The Morgan fingerprint density at radius 1 is 1.08 bits per heavy atom. The van der Waals surface area contributed by atoms with E-state index in [4.69, 9.17) is 0 Å². The lowest BCUT2D eigenvalue weighted by molar-refractivity contribution is 0.102. The smallest absolute Gasteiger partial charge is 0.124 e. The van der Waals surface area contributed by atoms with Gasteiger partial charge in [-0.25, -0.2) is 0 Å². The zero-order valence-electron chi connectivity index (χ0n) is 15.6. The predicted molar refractivity (Wildman–Crippen MR) is 107 cm³/mol. The second-order valence-corrected chi connectivity index (χ2v) is 8.45. The van der Waals surface area contributed by atoms with E-state index in [0.717, 1.165) is 19.5 Å². The molecule has 0 N–H and O–H groups in total. The molecule has 132 valence electrons. The second kappa shape index (κ2) is 4.92. The first-order chi connectivity index (χ1) is 12.7. The summed E-state index contributed by atoms with van der Waals surface area (Å²) in [4.78, 5) is 5.05. The van der Waals surface area contributed by atoms with Gasteiger partial charge in [0.25, 0.3) is 0 Å². The SMILES string of the molecule is CN(C)Cc1c2n(c3ccccc13)C13CCC1c1ccccc1N3CC2. The molecule has 0 bridgehead atoms. The summed E-state index contributed by atoms with van der Waals surface area (Å²) in [6.07, 6.45) is 3.71. The second-order valence-electron chi connectivity index (χ2n) is 8.45. The van der Waals surface area contributed by atoms with Crippen LogP contribution in [-0.4, -0.2) is 30.1 Å². The number of fused-ring (bicyclic) bond motifs is 6. The zero-order valence-corrected chi connectivity index (χ0v) is 15.6. The molecule has 1 fully saturated rings. The Hall–Kier alpha value is -2.26. The molecule has 3 aromatic rings. The van der Waals surface area contributed by atoms with Crippen molar-refractivity contribution in [3.05, 3.63) is 65.4 Å². The Labute approximate surface area is 154 Å². The van der Waals surface area contributed by atoms with E-state index in [9.17, 15) is 0 Å². The molecule has 1 spiro atoms. The van der Waals surface area contributed by atoms with E-state index < -0.39 is 0 Å². The van der Waals surface area contributed by atoms with Crippen LogP contribution in [0.15, 0.2) is 48.5 Å². The minimum Gasteiger partial charge on any atom is -0.347 e. The van der Waals surface area contributed by atoms with Crippen LogP contribution in [0.1, 0.15) is 35.6 Å². The lowest BCUT2D eigenvalue weighted by Crippen LogP contribution is -2.60. The number of benzene rings is 2. The normalized spacial score (nSPS) is 25.7. The molecule has 3 heterocycles. The van der Waals surface area contributed by atoms with Crippen LogP contribution in [0, 0.1) is 0 Å². The molecule has 0 amide bonds. The number of anilines is 1. The van der Waals surface area contributed by atoms with E-state index in [1.807, 2.05) is 0 Å². The van der Waals surface area contributed by atoms with Crippen molar-refractivity contribution < 1.29 is 0 Å². The van der Waals surface area contributed by atoms with E-state index in [1.165, 1.54) is 29.4 Å². The van der Waals surface area contributed by atoms with Gasteiger partial charge >= 0.3 is 0 Å². The van der Waals surface area contributed by atoms with E-state index in [1.54, 1.807) is 16.8 Å². The van der Waals surface area contributed by atoms with Crippen LogP contribution in [0.5, 0.6) is 0 Å². The van der Waals surface area contributed by atoms with Crippen LogP contribution < -0.4 is 4.90 Å². The van der Waals surface area contributed by atoms with Crippen molar-refractivity contribution in [3.63, 3.8) is 0 Å². The summed E-state index contributed by atoms with van der Waals surface area (Å²) >= 11 is 0. The third-order valence-electron chi connectivity index (χ3n) is 6.95. The quantitative estimate of drug-likeness (QED) is 0.687. The van der Waals surface area contributed by atoms with Gasteiger partial charge in [0.15, 0.2) is 0 Å². The van der Waals surface area contributed by atoms with Crippen LogP contribution in [0.25, 0.3) is 10.9 Å². The monoisotopic (exact) mass is 343 g/mol. The Kier molecular flexibility index (Phi) is 2.81. The molecule has 0 saturated heterocycles. The lowest BCUT2D eigenvalue weighted by Gasteiger charge is -2.55. The van der Waals surface area contributed by atoms with Crippen LogP contribution in [0.3, 0.4) is 0 Å². The molecular weight excluding hydrogens is 318 g/mol. The number of aromatic nitrogens is 1. The fourth-order valence-electron chi connectivity index (χ4n) is 5.99. The van der Waals surface area contributed by atoms with Crippen LogP contribution >= 0.6 is 0 Å².